The van der Waals surface area contributed by atoms with E-state index in [1.54, 1.807) is 13.8 Å². The summed E-state index contributed by atoms with van der Waals surface area (Å²) >= 11 is 0. The number of pyridine rings is 1. The second-order valence-corrected chi connectivity index (χ2v) is 10.7. The largest absolute Gasteiger partial charge is 0.507 e. The number of phenols is 2. The average Bonchev–Trinajstić information content (AvgIpc) is 3.41. The fourth-order valence-corrected chi connectivity index (χ4v) is 5.49. The summed E-state index contributed by atoms with van der Waals surface area (Å²) < 4.78 is 7.71. The van der Waals surface area contributed by atoms with Crippen LogP contribution < -0.4 is 10.1 Å². The summed E-state index contributed by atoms with van der Waals surface area (Å²) in [5.74, 6) is -1.66. The van der Waals surface area contributed by atoms with Gasteiger partial charge in [-0.3, -0.25) is 18.8 Å². The third-order valence-corrected chi connectivity index (χ3v) is 7.51. The van der Waals surface area contributed by atoms with Crippen LogP contribution in [0.3, 0.4) is 0 Å². The molecule has 2 aliphatic rings. The molecule has 10 heteroatoms. The van der Waals surface area contributed by atoms with Crippen LogP contribution in [0.1, 0.15) is 74.4 Å². The minimum absolute atomic E-state index is 0.00553. The SMILES string of the molecule is CC(=O)c1c(O)c(C)c(O)c2c1OC1=CC(=O)/C(=C(/C)N[C@@H](CC(C)C)c3nnc4ccccn34)C(=O)[C@@]12C. The van der Waals surface area contributed by atoms with Crippen LogP contribution in [0, 0.1) is 12.8 Å². The van der Waals surface area contributed by atoms with Gasteiger partial charge in [0, 0.05) is 23.5 Å². The number of benzene rings is 1. The number of aromatic hydroxyl groups is 2. The van der Waals surface area contributed by atoms with Gasteiger partial charge < -0.3 is 20.3 Å². The van der Waals surface area contributed by atoms with Crippen LogP contribution in [0.5, 0.6) is 17.2 Å². The van der Waals surface area contributed by atoms with Crippen LogP contribution in [-0.2, 0) is 15.0 Å². The lowest BCUT2D eigenvalue weighted by atomic mass is 9.70. The first-order valence-corrected chi connectivity index (χ1v) is 12.7. The molecule has 2 atom stereocenters. The second-order valence-electron chi connectivity index (χ2n) is 10.7. The van der Waals surface area contributed by atoms with Gasteiger partial charge in [-0.25, -0.2) is 0 Å². The molecule has 0 saturated carbocycles. The molecule has 1 aliphatic carbocycles. The lowest BCUT2D eigenvalue weighted by molar-refractivity contribution is -0.123. The van der Waals surface area contributed by atoms with E-state index >= 15 is 0 Å². The van der Waals surface area contributed by atoms with Gasteiger partial charge >= 0.3 is 0 Å². The first-order chi connectivity index (χ1) is 18.4. The molecule has 0 unspecified atom stereocenters. The molecule has 0 spiro atoms. The summed E-state index contributed by atoms with van der Waals surface area (Å²) in [5.41, 5.74) is -0.694. The summed E-state index contributed by atoms with van der Waals surface area (Å²) in [6, 6.07) is 5.22. The van der Waals surface area contributed by atoms with Gasteiger partial charge in [0.05, 0.1) is 17.2 Å². The van der Waals surface area contributed by atoms with Crippen LogP contribution in [0.4, 0.5) is 0 Å². The molecule has 0 amide bonds. The first-order valence-electron chi connectivity index (χ1n) is 12.7. The quantitative estimate of drug-likeness (QED) is 0.245. The zero-order valence-corrected chi connectivity index (χ0v) is 22.6. The van der Waals surface area contributed by atoms with Crippen molar-refractivity contribution in [1.29, 1.82) is 0 Å². The molecule has 0 radical (unpaired) electrons. The lowest BCUT2D eigenvalue weighted by Crippen LogP contribution is -2.41. The molecular weight excluding hydrogens is 500 g/mol. The number of allylic oxidation sites excluding steroid dienone is 4. The van der Waals surface area contributed by atoms with E-state index in [9.17, 15) is 24.6 Å². The van der Waals surface area contributed by atoms with Crippen LogP contribution in [0.25, 0.3) is 5.65 Å². The second kappa shape index (κ2) is 9.07. The smallest absolute Gasteiger partial charge is 0.194 e. The predicted molar refractivity (Wildman–Crippen MR) is 142 cm³/mol. The summed E-state index contributed by atoms with van der Waals surface area (Å²) in [5, 5.41) is 33.6. The van der Waals surface area contributed by atoms with E-state index in [0.29, 0.717) is 23.6 Å². The number of aromatic nitrogens is 3. The number of rotatable bonds is 6. The third kappa shape index (κ3) is 3.81. The number of phenolic OH excluding ortho intramolecular Hbond substituents is 2. The van der Waals surface area contributed by atoms with Crippen molar-refractivity contribution in [1.82, 2.24) is 19.9 Å². The van der Waals surface area contributed by atoms with Crippen molar-refractivity contribution >= 4 is 23.0 Å². The van der Waals surface area contributed by atoms with Gasteiger partial charge in [-0.15, -0.1) is 10.2 Å². The minimum atomic E-state index is -1.58. The Morgan fingerprint density at radius 1 is 1.15 bits per heavy atom. The van der Waals surface area contributed by atoms with Crippen molar-refractivity contribution in [3.05, 3.63) is 70.0 Å². The molecule has 5 rings (SSSR count). The first kappa shape index (κ1) is 26.1. The number of hydrogen-bond acceptors (Lipinski definition) is 9. The molecule has 3 aromatic rings. The maximum atomic E-state index is 14.1. The highest BCUT2D eigenvalue weighted by Crippen LogP contribution is 2.57. The molecule has 0 bridgehead atoms. The van der Waals surface area contributed by atoms with E-state index in [4.69, 9.17) is 4.74 Å². The zero-order valence-electron chi connectivity index (χ0n) is 22.6. The van der Waals surface area contributed by atoms with Crippen molar-refractivity contribution in [2.75, 3.05) is 0 Å². The maximum Gasteiger partial charge on any atom is 0.194 e. The standard InChI is InChI=1S/C29H30N4O6/c1-13(2)11-17(28-32-31-20-9-7-8-10-33(20)28)30-15(4)21-18(35)12-19-29(6,27(21)38)23-25(37)14(3)24(36)22(16(5)34)26(23)39-19/h7-10,12-13,17,30,36-37H,11H2,1-6H3/b21-15+/t17-,29-/m0/s1. The van der Waals surface area contributed by atoms with Gasteiger partial charge in [-0.1, -0.05) is 19.9 Å². The van der Waals surface area contributed by atoms with Gasteiger partial charge in [-0.05, 0) is 52.2 Å². The van der Waals surface area contributed by atoms with Crippen molar-refractivity contribution in [3.8, 4) is 17.2 Å². The number of carbonyl (C=O) groups is 3. The monoisotopic (exact) mass is 530 g/mol. The molecule has 202 valence electrons. The van der Waals surface area contributed by atoms with Crippen LogP contribution in [-0.4, -0.2) is 42.2 Å². The Kier molecular flexibility index (Phi) is 6.08. The lowest BCUT2D eigenvalue weighted by Gasteiger charge is -2.30. The highest BCUT2D eigenvalue weighted by molar-refractivity contribution is 6.31. The van der Waals surface area contributed by atoms with E-state index in [-0.39, 0.29) is 51.5 Å². The molecule has 1 aliphatic heterocycles. The number of ether oxygens (including phenoxy) is 1. The molecule has 3 heterocycles. The Hall–Kier alpha value is -4.47. The topological polar surface area (TPSA) is 143 Å². The Morgan fingerprint density at radius 3 is 2.54 bits per heavy atom. The predicted octanol–water partition coefficient (Wildman–Crippen LogP) is 3.99. The molecule has 1 aromatic carbocycles. The number of carbonyl (C=O) groups excluding carboxylic acids is 3. The number of ketones is 3. The van der Waals surface area contributed by atoms with E-state index in [2.05, 4.69) is 29.4 Å². The Bertz CT molecular complexity index is 1650. The molecule has 2 aromatic heterocycles. The number of Topliss-reactive ketones (excluding diaryl/α,β-unsaturated/α-hetero) is 2. The Morgan fingerprint density at radius 2 is 1.87 bits per heavy atom. The summed E-state index contributed by atoms with van der Waals surface area (Å²) in [6.45, 7) is 10.0. The molecule has 0 fully saturated rings. The number of fused-ring (bicyclic) bond motifs is 4. The molecule has 0 saturated heterocycles. The van der Waals surface area contributed by atoms with Gasteiger partial charge in [0.2, 0.25) is 0 Å². The van der Waals surface area contributed by atoms with Crippen LogP contribution in [0.2, 0.25) is 0 Å². The third-order valence-electron chi connectivity index (χ3n) is 7.51. The highest BCUT2D eigenvalue weighted by Gasteiger charge is 2.56. The van der Waals surface area contributed by atoms with Gasteiger partial charge in [0.15, 0.2) is 28.8 Å². The van der Waals surface area contributed by atoms with E-state index in [1.165, 1.54) is 19.9 Å². The van der Waals surface area contributed by atoms with Crippen LogP contribution in [0.15, 0.2) is 47.5 Å². The fourth-order valence-electron chi connectivity index (χ4n) is 5.49. The minimum Gasteiger partial charge on any atom is -0.507 e. The van der Waals surface area contributed by atoms with Gasteiger partial charge in [0.1, 0.15) is 34.0 Å². The van der Waals surface area contributed by atoms with E-state index in [0.717, 1.165) is 0 Å². The summed E-state index contributed by atoms with van der Waals surface area (Å²) in [7, 11) is 0. The summed E-state index contributed by atoms with van der Waals surface area (Å²) in [6.07, 6.45) is 3.71. The maximum absolute atomic E-state index is 14.1. The Labute approximate surface area is 225 Å². The van der Waals surface area contributed by atoms with Gasteiger partial charge in [-0.2, -0.15) is 0 Å². The van der Waals surface area contributed by atoms with E-state index in [1.807, 2.05) is 28.8 Å². The van der Waals surface area contributed by atoms with Crippen molar-refractivity contribution in [2.45, 2.75) is 59.4 Å². The number of nitrogens with zero attached hydrogens (tertiary/aromatic N) is 3. The molecule has 10 nitrogen and oxygen atoms in total. The van der Waals surface area contributed by atoms with Crippen molar-refractivity contribution in [3.63, 3.8) is 0 Å². The van der Waals surface area contributed by atoms with Crippen molar-refractivity contribution < 1.29 is 29.3 Å². The summed E-state index contributed by atoms with van der Waals surface area (Å²) in [4.78, 5) is 39.9. The normalized spacial score (nSPS) is 20.4. The van der Waals surface area contributed by atoms with Gasteiger partial charge in [0.25, 0.3) is 0 Å². The van der Waals surface area contributed by atoms with Crippen molar-refractivity contribution in [2.24, 2.45) is 5.92 Å². The Balaban J connectivity index is 1.63. The zero-order chi connectivity index (χ0) is 28.4. The molecular formula is C29H30N4O6. The van der Waals surface area contributed by atoms with E-state index < -0.39 is 28.5 Å². The molecule has 39 heavy (non-hydrogen) atoms. The molecule has 3 N–H and O–H groups in total. The highest BCUT2D eigenvalue weighted by atomic mass is 16.5. The van der Waals surface area contributed by atoms with Crippen LogP contribution >= 0.6 is 0 Å². The number of nitrogens with one attached hydrogen (secondary N) is 1. The number of hydrogen-bond donors (Lipinski definition) is 3. The fraction of sp³-hybridized carbons (Fsp3) is 0.345. The average molecular weight is 531 g/mol.